The van der Waals surface area contributed by atoms with E-state index in [1.54, 1.807) is 18.2 Å². The average molecular weight is 453 g/mol. The first-order valence-corrected chi connectivity index (χ1v) is 11.0. The first kappa shape index (κ1) is 22.4. The molecule has 0 aliphatic carbocycles. The highest BCUT2D eigenvalue weighted by molar-refractivity contribution is 5.96. The molecule has 0 atom stereocenters. The Balaban J connectivity index is 1.29. The van der Waals surface area contributed by atoms with Crippen molar-refractivity contribution in [3.05, 3.63) is 48.0 Å². The summed E-state index contributed by atoms with van der Waals surface area (Å²) in [5.74, 6) is 0.157. The molecule has 1 aliphatic heterocycles. The molecule has 9 heteroatoms. The smallest absolute Gasteiger partial charge is 0.298 e. The van der Waals surface area contributed by atoms with E-state index in [0.29, 0.717) is 49.0 Å². The lowest BCUT2D eigenvalue weighted by Crippen LogP contribution is -2.47. The van der Waals surface area contributed by atoms with E-state index >= 15 is 0 Å². The normalized spacial score (nSPS) is 14.4. The summed E-state index contributed by atoms with van der Waals surface area (Å²) in [6.07, 6.45) is 1.25. The van der Waals surface area contributed by atoms with Gasteiger partial charge in [0, 0.05) is 24.6 Å². The maximum absolute atomic E-state index is 12.6. The second kappa shape index (κ2) is 9.81. The van der Waals surface area contributed by atoms with Crippen LogP contribution in [0.25, 0.3) is 11.1 Å². The van der Waals surface area contributed by atoms with Crippen molar-refractivity contribution in [1.29, 1.82) is 0 Å². The number of benzene rings is 2. The molecule has 9 nitrogen and oxygen atoms in total. The molecule has 2 amide bonds. The van der Waals surface area contributed by atoms with Crippen LogP contribution in [-0.4, -0.2) is 43.1 Å². The minimum absolute atomic E-state index is 0.0214. The Kier molecular flexibility index (Phi) is 6.67. The van der Waals surface area contributed by atoms with Crippen molar-refractivity contribution in [1.82, 2.24) is 15.8 Å². The number of nitrogens with one attached hydrogen (secondary N) is 2. The standard InChI is InChI=1S/C24H28N4O5/c1-15(2)32-20-9-8-17(14-21(20)31-3)23(30)27-26-22(29)16-10-12-28(13-11-16)24-25-18-6-4-5-7-19(18)33-24/h4-9,14-16H,10-13H2,1-3H3,(H,26,29)(H,27,30). The lowest BCUT2D eigenvalue weighted by Gasteiger charge is -2.30. The van der Waals surface area contributed by atoms with Crippen LogP contribution in [0.3, 0.4) is 0 Å². The van der Waals surface area contributed by atoms with Crippen molar-refractivity contribution in [2.75, 3.05) is 25.1 Å². The quantitative estimate of drug-likeness (QED) is 0.553. The number of oxazole rings is 1. The summed E-state index contributed by atoms with van der Waals surface area (Å²) < 4.78 is 16.8. The van der Waals surface area contributed by atoms with Gasteiger partial charge in [-0.15, -0.1) is 0 Å². The molecule has 0 unspecified atom stereocenters. The topological polar surface area (TPSA) is 106 Å². The van der Waals surface area contributed by atoms with Crippen molar-refractivity contribution in [3.8, 4) is 11.5 Å². The van der Waals surface area contributed by atoms with Crippen LogP contribution >= 0.6 is 0 Å². The van der Waals surface area contributed by atoms with Crippen LogP contribution in [0.2, 0.25) is 0 Å². The van der Waals surface area contributed by atoms with Gasteiger partial charge in [-0.3, -0.25) is 20.4 Å². The van der Waals surface area contributed by atoms with E-state index in [1.807, 2.05) is 43.0 Å². The van der Waals surface area contributed by atoms with Gasteiger partial charge in [0.15, 0.2) is 17.1 Å². The number of ether oxygens (including phenoxy) is 2. The zero-order valence-electron chi connectivity index (χ0n) is 19.0. The second-order valence-electron chi connectivity index (χ2n) is 8.20. The van der Waals surface area contributed by atoms with Gasteiger partial charge in [-0.25, -0.2) is 0 Å². The molecule has 0 radical (unpaired) electrons. The lowest BCUT2D eigenvalue weighted by molar-refractivity contribution is -0.126. The largest absolute Gasteiger partial charge is 0.493 e. The number of fused-ring (bicyclic) bond motifs is 1. The number of aromatic nitrogens is 1. The van der Waals surface area contributed by atoms with Crippen molar-refractivity contribution in [2.24, 2.45) is 5.92 Å². The Morgan fingerprint density at radius 1 is 1.09 bits per heavy atom. The predicted molar refractivity (Wildman–Crippen MR) is 123 cm³/mol. The Labute approximate surface area is 192 Å². The monoisotopic (exact) mass is 452 g/mol. The second-order valence-corrected chi connectivity index (χ2v) is 8.20. The third kappa shape index (κ3) is 5.19. The van der Waals surface area contributed by atoms with Gasteiger partial charge in [0.25, 0.3) is 11.9 Å². The summed E-state index contributed by atoms with van der Waals surface area (Å²) in [7, 11) is 1.51. The minimum Gasteiger partial charge on any atom is -0.493 e. The van der Waals surface area contributed by atoms with Crippen molar-refractivity contribution < 1.29 is 23.5 Å². The number of para-hydroxylation sites is 2. The van der Waals surface area contributed by atoms with Crippen LogP contribution in [0.1, 0.15) is 37.0 Å². The van der Waals surface area contributed by atoms with Gasteiger partial charge in [-0.1, -0.05) is 12.1 Å². The van der Waals surface area contributed by atoms with Gasteiger partial charge in [0.2, 0.25) is 5.91 Å². The molecule has 2 N–H and O–H groups in total. The minimum atomic E-state index is -0.429. The fourth-order valence-corrected chi connectivity index (χ4v) is 3.78. The number of hydrazine groups is 1. The number of hydrogen-bond acceptors (Lipinski definition) is 7. The number of nitrogens with zero attached hydrogens (tertiary/aromatic N) is 2. The number of carbonyl (C=O) groups excluding carboxylic acids is 2. The number of rotatable bonds is 6. The van der Waals surface area contributed by atoms with Crippen LogP contribution < -0.4 is 25.2 Å². The van der Waals surface area contributed by atoms with E-state index in [0.717, 1.165) is 11.1 Å². The van der Waals surface area contributed by atoms with Gasteiger partial charge in [0.1, 0.15) is 5.52 Å². The SMILES string of the molecule is COc1cc(C(=O)NNC(=O)C2CCN(c3nc4ccccc4o3)CC2)ccc1OC(C)C. The Morgan fingerprint density at radius 2 is 1.85 bits per heavy atom. The first-order valence-electron chi connectivity index (χ1n) is 11.0. The van der Waals surface area contributed by atoms with Gasteiger partial charge in [0.05, 0.1) is 13.2 Å². The fourth-order valence-electron chi connectivity index (χ4n) is 3.78. The molecule has 0 saturated carbocycles. The molecule has 1 saturated heterocycles. The third-order valence-corrected chi connectivity index (χ3v) is 5.51. The molecule has 174 valence electrons. The van der Waals surface area contributed by atoms with Gasteiger partial charge < -0.3 is 18.8 Å². The van der Waals surface area contributed by atoms with Gasteiger partial charge in [-0.2, -0.15) is 4.98 Å². The Morgan fingerprint density at radius 3 is 2.55 bits per heavy atom. The number of carbonyl (C=O) groups is 2. The van der Waals surface area contributed by atoms with Crippen molar-refractivity contribution >= 4 is 28.9 Å². The molecule has 1 fully saturated rings. The Bertz CT molecular complexity index is 1100. The average Bonchev–Trinajstić information content (AvgIpc) is 3.26. The summed E-state index contributed by atoms with van der Waals surface area (Å²) >= 11 is 0. The van der Waals surface area contributed by atoms with Crippen LogP contribution in [0.15, 0.2) is 46.9 Å². The number of methoxy groups -OCH3 is 1. The van der Waals surface area contributed by atoms with Crippen LogP contribution in [0.5, 0.6) is 11.5 Å². The maximum Gasteiger partial charge on any atom is 0.298 e. The van der Waals surface area contributed by atoms with E-state index < -0.39 is 5.91 Å². The molecule has 1 aromatic heterocycles. The molecular formula is C24H28N4O5. The van der Waals surface area contributed by atoms with Crippen molar-refractivity contribution in [3.63, 3.8) is 0 Å². The van der Waals surface area contributed by atoms with Crippen LogP contribution in [0, 0.1) is 5.92 Å². The zero-order valence-corrected chi connectivity index (χ0v) is 19.0. The lowest BCUT2D eigenvalue weighted by atomic mass is 9.96. The van der Waals surface area contributed by atoms with Gasteiger partial charge in [-0.05, 0) is 57.0 Å². The summed E-state index contributed by atoms with van der Waals surface area (Å²) in [6.45, 7) is 5.11. The highest BCUT2D eigenvalue weighted by Crippen LogP contribution is 2.29. The van der Waals surface area contributed by atoms with Crippen LogP contribution in [0.4, 0.5) is 6.01 Å². The molecule has 33 heavy (non-hydrogen) atoms. The highest BCUT2D eigenvalue weighted by Gasteiger charge is 2.27. The van der Waals surface area contributed by atoms with Crippen LogP contribution in [-0.2, 0) is 4.79 Å². The molecule has 1 aliphatic rings. The summed E-state index contributed by atoms with van der Waals surface area (Å²) in [5.41, 5.74) is 6.95. The predicted octanol–water partition coefficient (Wildman–Crippen LogP) is 3.30. The molecular weight excluding hydrogens is 424 g/mol. The third-order valence-electron chi connectivity index (χ3n) is 5.51. The molecule has 0 spiro atoms. The maximum atomic E-state index is 12.6. The number of piperidine rings is 1. The van der Waals surface area contributed by atoms with Gasteiger partial charge >= 0.3 is 0 Å². The van der Waals surface area contributed by atoms with E-state index in [1.165, 1.54) is 7.11 Å². The Hall–Kier alpha value is -3.75. The summed E-state index contributed by atoms with van der Waals surface area (Å²) in [6, 6.07) is 13.1. The molecule has 2 heterocycles. The fraction of sp³-hybridized carbons (Fsp3) is 0.375. The molecule has 2 aromatic carbocycles. The zero-order chi connectivity index (χ0) is 23.4. The van der Waals surface area contributed by atoms with E-state index in [-0.39, 0.29) is 17.9 Å². The summed E-state index contributed by atoms with van der Waals surface area (Å²) in [5, 5.41) is 0. The first-order chi connectivity index (χ1) is 15.9. The number of hydrogen-bond donors (Lipinski definition) is 2. The van der Waals surface area contributed by atoms with E-state index in [4.69, 9.17) is 13.9 Å². The van der Waals surface area contributed by atoms with E-state index in [9.17, 15) is 9.59 Å². The summed E-state index contributed by atoms with van der Waals surface area (Å²) in [4.78, 5) is 31.6. The highest BCUT2D eigenvalue weighted by atomic mass is 16.5. The number of anilines is 1. The van der Waals surface area contributed by atoms with E-state index in [2.05, 4.69) is 15.8 Å². The molecule has 0 bridgehead atoms. The molecule has 3 aromatic rings. The molecule has 4 rings (SSSR count). The number of amides is 2. The van der Waals surface area contributed by atoms with Crippen molar-refractivity contribution in [2.45, 2.75) is 32.8 Å².